The highest BCUT2D eigenvalue weighted by atomic mass is 35.5. The van der Waals surface area contributed by atoms with Crippen molar-refractivity contribution < 1.29 is 14.6 Å². The fourth-order valence-electron chi connectivity index (χ4n) is 2.93. The molecule has 110 valence electrons. The second-order valence-corrected chi connectivity index (χ2v) is 5.75. The maximum atomic E-state index is 11.1. The number of halogens is 1. The van der Waals surface area contributed by atoms with Crippen molar-refractivity contribution in [3.63, 3.8) is 0 Å². The summed E-state index contributed by atoms with van der Waals surface area (Å²) in [5.74, 6) is -0.302. The third-order valence-electron chi connectivity index (χ3n) is 4.24. The van der Waals surface area contributed by atoms with Crippen LogP contribution in [0.15, 0.2) is 0 Å². The molecule has 1 saturated heterocycles. The van der Waals surface area contributed by atoms with Gasteiger partial charge in [-0.3, -0.25) is 4.79 Å². The van der Waals surface area contributed by atoms with Crippen LogP contribution in [-0.4, -0.2) is 24.7 Å². The van der Waals surface area contributed by atoms with Crippen molar-refractivity contribution >= 4 is 17.6 Å². The van der Waals surface area contributed by atoms with E-state index in [2.05, 4.69) is 5.32 Å². The van der Waals surface area contributed by atoms with Crippen molar-refractivity contribution in [3.8, 4) is 5.75 Å². The third kappa shape index (κ3) is 2.38. The van der Waals surface area contributed by atoms with Gasteiger partial charge < -0.3 is 15.2 Å². The first kappa shape index (κ1) is 15.1. The van der Waals surface area contributed by atoms with Crippen molar-refractivity contribution in [2.75, 3.05) is 13.7 Å². The Morgan fingerprint density at radius 1 is 1.30 bits per heavy atom. The quantitative estimate of drug-likeness (QED) is 0.900. The van der Waals surface area contributed by atoms with Crippen LogP contribution in [0.1, 0.15) is 34.7 Å². The molecule has 1 heterocycles. The first-order chi connectivity index (χ1) is 9.38. The van der Waals surface area contributed by atoms with Gasteiger partial charge >= 0.3 is 5.97 Å². The molecule has 1 aliphatic rings. The first-order valence-electron chi connectivity index (χ1n) is 6.67. The minimum atomic E-state index is -0.758. The minimum absolute atomic E-state index is 0.0251. The standard InChI is InChI=1S/C15H20ClNO3/c1-7-8(2)14(20-4)12(9(3)13(7)16)11-5-10(6-17-11)15(18)19/h10-11,17H,5-6H2,1-4H3,(H,18,19). The van der Waals surface area contributed by atoms with Gasteiger partial charge in [-0.05, 0) is 43.9 Å². The van der Waals surface area contributed by atoms with Gasteiger partial charge in [0.15, 0.2) is 0 Å². The number of benzene rings is 1. The highest BCUT2D eigenvalue weighted by Gasteiger charge is 2.33. The normalized spacial score (nSPS) is 22.1. The number of ether oxygens (including phenoxy) is 1. The van der Waals surface area contributed by atoms with Crippen molar-refractivity contribution in [1.82, 2.24) is 5.32 Å². The van der Waals surface area contributed by atoms with Crippen LogP contribution in [0.5, 0.6) is 5.75 Å². The molecule has 0 bridgehead atoms. The van der Waals surface area contributed by atoms with E-state index < -0.39 is 5.97 Å². The number of carboxylic acids is 1. The van der Waals surface area contributed by atoms with Crippen LogP contribution in [-0.2, 0) is 4.79 Å². The summed E-state index contributed by atoms with van der Waals surface area (Å²) in [4.78, 5) is 11.1. The summed E-state index contributed by atoms with van der Waals surface area (Å²) in [6, 6.07) is -0.0251. The second kappa shape index (κ2) is 5.62. The predicted octanol–water partition coefficient (Wildman–Crippen LogP) is 3.01. The summed E-state index contributed by atoms with van der Waals surface area (Å²) < 4.78 is 5.55. The predicted molar refractivity (Wildman–Crippen MR) is 78.7 cm³/mol. The number of nitrogens with one attached hydrogen (secondary N) is 1. The summed E-state index contributed by atoms with van der Waals surface area (Å²) in [5, 5.41) is 13.1. The van der Waals surface area contributed by atoms with Crippen LogP contribution in [0.25, 0.3) is 0 Å². The molecule has 4 nitrogen and oxygen atoms in total. The number of rotatable bonds is 3. The van der Waals surface area contributed by atoms with Gasteiger partial charge in [-0.25, -0.2) is 0 Å². The topological polar surface area (TPSA) is 58.6 Å². The second-order valence-electron chi connectivity index (χ2n) is 5.37. The molecular formula is C15H20ClNO3. The third-order valence-corrected chi connectivity index (χ3v) is 4.81. The van der Waals surface area contributed by atoms with Crippen LogP contribution in [0.3, 0.4) is 0 Å². The molecule has 1 aromatic carbocycles. The van der Waals surface area contributed by atoms with Crippen LogP contribution >= 0.6 is 11.6 Å². The van der Waals surface area contributed by atoms with Gasteiger partial charge in [-0.2, -0.15) is 0 Å². The van der Waals surface area contributed by atoms with E-state index in [-0.39, 0.29) is 12.0 Å². The highest BCUT2D eigenvalue weighted by Crippen LogP contribution is 2.42. The van der Waals surface area contributed by atoms with Crippen molar-refractivity contribution in [2.24, 2.45) is 5.92 Å². The molecule has 5 heteroatoms. The lowest BCUT2D eigenvalue weighted by atomic mass is 9.91. The van der Waals surface area contributed by atoms with Gasteiger partial charge in [0, 0.05) is 23.2 Å². The van der Waals surface area contributed by atoms with Gasteiger partial charge in [0.25, 0.3) is 0 Å². The number of carbonyl (C=O) groups is 1. The van der Waals surface area contributed by atoms with Crippen molar-refractivity contribution in [3.05, 3.63) is 27.3 Å². The summed E-state index contributed by atoms with van der Waals surface area (Å²) in [7, 11) is 1.64. The number of carboxylic acid groups (broad SMARTS) is 1. The Kier molecular flexibility index (Phi) is 4.25. The molecule has 2 atom stereocenters. The Labute approximate surface area is 124 Å². The average Bonchev–Trinajstić information content (AvgIpc) is 2.89. The van der Waals surface area contributed by atoms with E-state index in [4.69, 9.17) is 21.4 Å². The van der Waals surface area contributed by atoms with Crippen LogP contribution in [0, 0.1) is 26.7 Å². The van der Waals surface area contributed by atoms with Gasteiger partial charge in [0.2, 0.25) is 0 Å². The van der Waals surface area contributed by atoms with Gasteiger partial charge in [0.05, 0.1) is 13.0 Å². The number of hydrogen-bond donors (Lipinski definition) is 2. The molecule has 1 aromatic rings. The van der Waals surface area contributed by atoms with Gasteiger partial charge in [0.1, 0.15) is 5.75 Å². The largest absolute Gasteiger partial charge is 0.496 e. The average molecular weight is 298 g/mol. The highest BCUT2D eigenvalue weighted by molar-refractivity contribution is 6.32. The molecule has 0 saturated carbocycles. The smallest absolute Gasteiger partial charge is 0.307 e. The molecule has 2 N–H and O–H groups in total. The van der Waals surface area contributed by atoms with E-state index in [1.165, 1.54) is 0 Å². The molecular weight excluding hydrogens is 278 g/mol. The Balaban J connectivity index is 2.49. The fourth-order valence-corrected chi connectivity index (χ4v) is 3.18. The number of methoxy groups -OCH3 is 1. The fraction of sp³-hybridized carbons (Fsp3) is 0.533. The van der Waals surface area contributed by atoms with Crippen LogP contribution in [0.4, 0.5) is 0 Å². The maximum absolute atomic E-state index is 11.1. The van der Waals surface area contributed by atoms with Gasteiger partial charge in [-0.15, -0.1) is 0 Å². The zero-order chi connectivity index (χ0) is 15.0. The zero-order valence-electron chi connectivity index (χ0n) is 12.2. The summed E-state index contributed by atoms with van der Waals surface area (Å²) in [5.41, 5.74) is 3.98. The summed E-state index contributed by atoms with van der Waals surface area (Å²) in [6.07, 6.45) is 0.561. The molecule has 0 aromatic heterocycles. The lowest BCUT2D eigenvalue weighted by Gasteiger charge is -2.22. The van der Waals surface area contributed by atoms with Crippen molar-refractivity contribution in [2.45, 2.75) is 33.2 Å². The summed E-state index contributed by atoms with van der Waals surface area (Å²) >= 11 is 6.39. The lowest BCUT2D eigenvalue weighted by molar-refractivity contribution is -0.141. The maximum Gasteiger partial charge on any atom is 0.307 e. The monoisotopic (exact) mass is 297 g/mol. The zero-order valence-corrected chi connectivity index (χ0v) is 13.0. The van der Waals surface area contributed by atoms with E-state index >= 15 is 0 Å². The van der Waals surface area contributed by atoms with Crippen LogP contribution < -0.4 is 10.1 Å². The molecule has 2 rings (SSSR count). The van der Waals surface area contributed by atoms with E-state index in [0.29, 0.717) is 13.0 Å². The first-order valence-corrected chi connectivity index (χ1v) is 7.05. The van der Waals surface area contributed by atoms with E-state index in [1.54, 1.807) is 7.11 Å². The molecule has 0 spiro atoms. The van der Waals surface area contributed by atoms with E-state index in [1.807, 2.05) is 20.8 Å². The SMILES string of the molecule is COc1c(C)c(C)c(Cl)c(C)c1C1CC(C(=O)O)CN1. The molecule has 1 fully saturated rings. The Morgan fingerprint density at radius 3 is 2.45 bits per heavy atom. The lowest BCUT2D eigenvalue weighted by Crippen LogP contribution is -2.18. The van der Waals surface area contributed by atoms with Crippen molar-refractivity contribution in [1.29, 1.82) is 0 Å². The molecule has 2 unspecified atom stereocenters. The minimum Gasteiger partial charge on any atom is -0.496 e. The molecule has 0 radical (unpaired) electrons. The number of aliphatic carboxylic acids is 1. The molecule has 1 aliphatic heterocycles. The summed E-state index contributed by atoms with van der Waals surface area (Å²) in [6.45, 7) is 6.39. The Hall–Kier alpha value is -1.26. The van der Waals surface area contributed by atoms with E-state index in [9.17, 15) is 4.79 Å². The van der Waals surface area contributed by atoms with Gasteiger partial charge in [-0.1, -0.05) is 11.6 Å². The Bertz CT molecular complexity index is 557. The molecule has 0 aliphatic carbocycles. The van der Waals surface area contributed by atoms with E-state index in [0.717, 1.165) is 33.0 Å². The number of hydrogen-bond acceptors (Lipinski definition) is 3. The Morgan fingerprint density at radius 2 is 1.95 bits per heavy atom. The van der Waals surface area contributed by atoms with Crippen LogP contribution in [0.2, 0.25) is 5.02 Å². The molecule has 20 heavy (non-hydrogen) atoms. The molecule has 0 amide bonds.